The number of rotatable bonds is 8. The van der Waals surface area contributed by atoms with Gasteiger partial charge in [0.15, 0.2) is 0 Å². The third kappa shape index (κ3) is 6.29. The van der Waals surface area contributed by atoms with E-state index in [0.717, 1.165) is 5.69 Å². The maximum absolute atomic E-state index is 12.0. The van der Waals surface area contributed by atoms with Crippen LogP contribution in [0.4, 0.5) is 17.3 Å². The van der Waals surface area contributed by atoms with E-state index in [4.69, 9.17) is 32.7 Å². The Labute approximate surface area is 202 Å². The minimum atomic E-state index is -0.242. The van der Waals surface area contributed by atoms with Crippen molar-refractivity contribution < 1.29 is 19.1 Å². The minimum Gasteiger partial charge on any atom is -0.461 e. The average Bonchev–Trinajstić information content (AvgIpc) is 3.24. The van der Waals surface area contributed by atoms with Crippen LogP contribution in [0, 0.1) is 0 Å². The zero-order chi connectivity index (χ0) is 23.2. The van der Waals surface area contributed by atoms with Crippen molar-refractivity contribution in [3.05, 3.63) is 50.9 Å². The van der Waals surface area contributed by atoms with E-state index < -0.39 is 0 Å². The quantitative estimate of drug-likeness (QED) is 0.445. The lowest BCUT2D eigenvalue weighted by Gasteiger charge is -2.26. The van der Waals surface area contributed by atoms with Crippen molar-refractivity contribution in [2.75, 3.05) is 43.1 Å². The second-order valence-corrected chi connectivity index (χ2v) is 8.74. The number of amides is 2. The number of carbonyl (C=O) groups excluding carboxylic acids is 2. The largest absolute Gasteiger partial charge is 0.461 e. The Morgan fingerprint density at radius 1 is 1.15 bits per heavy atom. The second-order valence-electron chi connectivity index (χ2n) is 6.69. The summed E-state index contributed by atoms with van der Waals surface area (Å²) in [6, 6.07) is 10.5. The third-order valence-corrected chi connectivity index (χ3v) is 5.82. The Bertz CT molecular complexity index is 1140. The molecule has 1 fully saturated rings. The number of aromatic nitrogens is 3. The zero-order valence-electron chi connectivity index (χ0n) is 17.1. The van der Waals surface area contributed by atoms with Gasteiger partial charge in [-0.2, -0.15) is 15.0 Å². The van der Waals surface area contributed by atoms with Crippen molar-refractivity contribution in [1.29, 1.82) is 0 Å². The van der Waals surface area contributed by atoms with Crippen LogP contribution in [0.1, 0.15) is 9.67 Å². The van der Waals surface area contributed by atoms with Gasteiger partial charge < -0.3 is 25.0 Å². The number of anilines is 3. The first-order chi connectivity index (χ1) is 16.0. The molecule has 3 heterocycles. The van der Waals surface area contributed by atoms with Gasteiger partial charge in [-0.05, 0) is 48.0 Å². The third-order valence-electron chi connectivity index (χ3n) is 4.42. The number of hydrogen-bond acceptors (Lipinski definition) is 9. The lowest BCUT2D eigenvalue weighted by Crippen LogP contribution is -2.41. The van der Waals surface area contributed by atoms with Gasteiger partial charge in [0, 0.05) is 17.9 Å². The molecule has 33 heavy (non-hydrogen) atoms. The van der Waals surface area contributed by atoms with Crippen LogP contribution >= 0.6 is 34.5 Å². The van der Waals surface area contributed by atoms with Gasteiger partial charge in [-0.15, -0.1) is 11.3 Å². The number of hydrogen-bond donors (Lipinski definition) is 2. The van der Waals surface area contributed by atoms with Gasteiger partial charge >= 0.3 is 6.01 Å². The fraction of sp³-hybridized carbons (Fsp3) is 0.250. The molecule has 13 heteroatoms. The molecule has 0 saturated carbocycles. The molecule has 4 rings (SSSR count). The first-order valence-corrected chi connectivity index (χ1v) is 11.4. The molecule has 1 aliphatic heterocycles. The fourth-order valence-electron chi connectivity index (χ4n) is 2.93. The lowest BCUT2D eigenvalue weighted by atomic mass is 10.2. The van der Waals surface area contributed by atoms with E-state index in [2.05, 4.69) is 25.6 Å². The first kappa shape index (κ1) is 23.2. The summed E-state index contributed by atoms with van der Waals surface area (Å²) in [7, 11) is 0. The number of nitrogens with one attached hydrogen (secondary N) is 2. The highest BCUT2D eigenvalue weighted by atomic mass is 35.5. The van der Waals surface area contributed by atoms with Crippen molar-refractivity contribution in [2.45, 2.75) is 0 Å². The van der Waals surface area contributed by atoms with Crippen LogP contribution in [0.25, 0.3) is 0 Å². The van der Waals surface area contributed by atoms with Crippen molar-refractivity contribution >= 4 is 63.7 Å². The molecular weight excluding hydrogens is 491 g/mol. The highest BCUT2D eigenvalue weighted by molar-refractivity contribution is 7.18. The molecule has 172 valence electrons. The van der Waals surface area contributed by atoms with Gasteiger partial charge in [-0.25, -0.2) is 0 Å². The Morgan fingerprint density at radius 2 is 1.97 bits per heavy atom. The molecule has 10 nitrogen and oxygen atoms in total. The molecular formula is C20H18Cl2N6O4S. The van der Waals surface area contributed by atoms with Gasteiger partial charge in [0.25, 0.3) is 11.8 Å². The van der Waals surface area contributed by atoms with Crippen LogP contribution in [0.15, 0.2) is 36.4 Å². The highest BCUT2D eigenvalue weighted by Crippen LogP contribution is 2.23. The van der Waals surface area contributed by atoms with Crippen LogP contribution < -0.4 is 20.3 Å². The predicted octanol–water partition coefficient (Wildman–Crippen LogP) is 3.16. The standard InChI is InChI=1S/C20H18Cl2N6O4S/c21-15-6-5-14(33-15)17(30)23-7-9-32-20-26-18(22)25-19(27-20)24-12-1-3-13(4-2-12)28-8-10-31-11-16(28)29/h1-6H,7-11H2,(H,23,30)(H,24,25,26,27). The van der Waals surface area contributed by atoms with Crippen LogP contribution in [0.3, 0.4) is 0 Å². The number of morpholine rings is 1. The molecule has 1 aromatic carbocycles. The van der Waals surface area contributed by atoms with E-state index in [1.54, 1.807) is 29.2 Å². The van der Waals surface area contributed by atoms with Crippen LogP contribution in [0.2, 0.25) is 9.62 Å². The summed E-state index contributed by atoms with van der Waals surface area (Å²) >= 11 is 13.0. The van der Waals surface area contributed by atoms with Gasteiger partial charge in [0.05, 0.1) is 22.4 Å². The maximum Gasteiger partial charge on any atom is 0.322 e. The Hall–Kier alpha value is -2.99. The summed E-state index contributed by atoms with van der Waals surface area (Å²) < 4.78 is 11.2. The summed E-state index contributed by atoms with van der Waals surface area (Å²) in [6.07, 6.45) is 0. The van der Waals surface area contributed by atoms with E-state index in [1.165, 1.54) is 11.3 Å². The predicted molar refractivity (Wildman–Crippen MR) is 125 cm³/mol. The topological polar surface area (TPSA) is 119 Å². The zero-order valence-corrected chi connectivity index (χ0v) is 19.4. The molecule has 0 spiro atoms. The van der Waals surface area contributed by atoms with Crippen molar-refractivity contribution in [2.24, 2.45) is 0 Å². The van der Waals surface area contributed by atoms with Gasteiger partial charge in [0.1, 0.15) is 13.2 Å². The summed E-state index contributed by atoms with van der Waals surface area (Å²) in [5, 5.41) is 5.70. The SMILES string of the molecule is O=C(NCCOc1nc(Cl)nc(Nc2ccc(N3CCOCC3=O)cc2)n1)c1ccc(Cl)s1. The van der Waals surface area contributed by atoms with Crippen molar-refractivity contribution in [3.8, 4) is 6.01 Å². The second kappa shape index (κ2) is 10.8. The Kier molecular flexibility index (Phi) is 7.55. The van der Waals surface area contributed by atoms with E-state index in [-0.39, 0.29) is 48.8 Å². The molecule has 0 atom stereocenters. The average molecular weight is 509 g/mol. The maximum atomic E-state index is 12.0. The number of thiophene rings is 1. The molecule has 1 saturated heterocycles. The molecule has 2 amide bonds. The molecule has 0 aliphatic carbocycles. The van der Waals surface area contributed by atoms with Gasteiger partial charge in [-0.3, -0.25) is 9.59 Å². The van der Waals surface area contributed by atoms with Gasteiger partial charge in [-0.1, -0.05) is 11.6 Å². The Balaban J connectivity index is 1.31. The highest BCUT2D eigenvalue weighted by Gasteiger charge is 2.20. The molecule has 1 aliphatic rings. The molecule has 0 radical (unpaired) electrons. The minimum absolute atomic E-state index is 0.0152. The van der Waals surface area contributed by atoms with E-state index in [1.807, 2.05) is 12.1 Å². The molecule has 3 aromatic rings. The van der Waals surface area contributed by atoms with Crippen LogP contribution in [0.5, 0.6) is 6.01 Å². The molecule has 2 aromatic heterocycles. The number of ether oxygens (including phenoxy) is 2. The van der Waals surface area contributed by atoms with E-state index in [9.17, 15) is 9.59 Å². The summed E-state index contributed by atoms with van der Waals surface area (Å²) in [5.41, 5.74) is 1.47. The Morgan fingerprint density at radius 3 is 2.70 bits per heavy atom. The summed E-state index contributed by atoms with van der Waals surface area (Å²) in [6.45, 7) is 1.47. The lowest BCUT2D eigenvalue weighted by molar-refractivity contribution is -0.125. The van der Waals surface area contributed by atoms with Gasteiger partial charge in [0.2, 0.25) is 11.2 Å². The monoisotopic (exact) mass is 508 g/mol. The number of nitrogens with zero attached hydrogens (tertiary/aromatic N) is 4. The smallest absolute Gasteiger partial charge is 0.322 e. The molecule has 0 bridgehead atoms. The van der Waals surface area contributed by atoms with E-state index >= 15 is 0 Å². The van der Waals surface area contributed by atoms with Crippen LogP contribution in [-0.4, -0.2) is 59.7 Å². The van der Waals surface area contributed by atoms with E-state index in [0.29, 0.717) is 28.1 Å². The normalized spacial score (nSPS) is 13.6. The number of halogens is 2. The summed E-state index contributed by atoms with van der Waals surface area (Å²) in [4.78, 5) is 38.3. The van der Waals surface area contributed by atoms with Crippen LogP contribution in [-0.2, 0) is 9.53 Å². The number of benzene rings is 1. The number of carbonyl (C=O) groups is 2. The first-order valence-electron chi connectivity index (χ1n) is 9.81. The van der Waals surface area contributed by atoms with Crippen molar-refractivity contribution in [3.63, 3.8) is 0 Å². The molecule has 0 unspecified atom stereocenters. The fourth-order valence-corrected chi connectivity index (χ4v) is 4.04. The van der Waals surface area contributed by atoms with Crippen molar-refractivity contribution in [1.82, 2.24) is 20.3 Å². The summed E-state index contributed by atoms with van der Waals surface area (Å²) in [5.74, 6) is -0.130. The molecule has 2 N–H and O–H groups in total.